The van der Waals surface area contributed by atoms with Crippen molar-refractivity contribution in [2.24, 2.45) is 0 Å². The van der Waals surface area contributed by atoms with Crippen LogP contribution in [0.1, 0.15) is 48.9 Å². The lowest BCUT2D eigenvalue weighted by molar-refractivity contribution is -0.141. The molecule has 32 heavy (non-hydrogen) atoms. The maximum atomic E-state index is 13.2. The molecule has 170 valence electrons. The van der Waals surface area contributed by atoms with Crippen LogP contribution in [-0.2, 0) is 17.6 Å². The van der Waals surface area contributed by atoms with E-state index in [2.05, 4.69) is 4.98 Å². The maximum Gasteiger partial charge on any atom is 0.433 e. The first-order valence-corrected chi connectivity index (χ1v) is 11.3. The van der Waals surface area contributed by atoms with Crippen LogP contribution in [0.15, 0.2) is 35.7 Å². The summed E-state index contributed by atoms with van der Waals surface area (Å²) in [5.41, 5.74) is 0.484. The molecule has 1 fully saturated rings. The average molecular weight is 465 g/mol. The fourth-order valence-electron chi connectivity index (χ4n) is 4.03. The fraction of sp³-hybridized carbons (Fsp3) is 0.391. The van der Waals surface area contributed by atoms with Gasteiger partial charge in [0.15, 0.2) is 0 Å². The molecule has 2 aromatic heterocycles. The van der Waals surface area contributed by atoms with Crippen molar-refractivity contribution in [3.8, 4) is 5.75 Å². The maximum absolute atomic E-state index is 13.2. The summed E-state index contributed by atoms with van der Waals surface area (Å²) >= 11 is 1.45. The summed E-state index contributed by atoms with van der Waals surface area (Å²) in [5.74, 6) is -0.515. The van der Waals surface area contributed by atoms with E-state index in [1.807, 2.05) is 29.3 Å². The molecule has 1 aromatic carbocycles. The third-order valence-corrected chi connectivity index (χ3v) is 6.67. The third-order valence-electron chi connectivity index (χ3n) is 5.71. The van der Waals surface area contributed by atoms with Gasteiger partial charge in [0, 0.05) is 23.4 Å². The summed E-state index contributed by atoms with van der Waals surface area (Å²) in [4.78, 5) is 17.3. The second kappa shape index (κ2) is 8.97. The Morgan fingerprint density at radius 3 is 2.66 bits per heavy atom. The average Bonchev–Trinajstić information content (AvgIpc) is 3.42. The van der Waals surface area contributed by atoms with Gasteiger partial charge in [-0.2, -0.15) is 13.2 Å². The van der Waals surface area contributed by atoms with Crippen LogP contribution in [0.2, 0.25) is 0 Å². The van der Waals surface area contributed by atoms with Crippen LogP contribution in [0, 0.1) is 0 Å². The van der Waals surface area contributed by atoms with Crippen molar-refractivity contribution in [1.29, 1.82) is 0 Å². The minimum absolute atomic E-state index is 0.0907. The number of hydrogen-bond donors (Lipinski definition) is 1. The number of benzene rings is 1. The van der Waals surface area contributed by atoms with Crippen LogP contribution in [-0.4, -0.2) is 29.1 Å². The highest BCUT2D eigenvalue weighted by Gasteiger charge is 2.34. The van der Waals surface area contributed by atoms with Crippen molar-refractivity contribution in [2.45, 2.75) is 44.9 Å². The Morgan fingerprint density at radius 2 is 2.00 bits per heavy atom. The number of pyridine rings is 1. The van der Waals surface area contributed by atoms with Crippen LogP contribution in [0.4, 0.5) is 19.0 Å². The molecule has 3 heterocycles. The molecule has 5 nitrogen and oxygen atoms in total. The molecule has 1 atom stereocenters. The fourth-order valence-corrected chi connectivity index (χ4v) is 5.07. The van der Waals surface area contributed by atoms with Gasteiger partial charge in [-0.1, -0.05) is 6.92 Å². The molecular weight excluding hydrogens is 441 g/mol. The number of fused-ring (bicyclic) bond motifs is 1. The molecule has 1 unspecified atom stereocenters. The van der Waals surface area contributed by atoms with Crippen LogP contribution in [0.3, 0.4) is 0 Å². The zero-order valence-corrected chi connectivity index (χ0v) is 18.3. The largest absolute Gasteiger partial charge is 0.489 e. The van der Waals surface area contributed by atoms with Crippen LogP contribution in [0.5, 0.6) is 5.75 Å². The van der Waals surface area contributed by atoms with Gasteiger partial charge in [0.25, 0.3) is 0 Å². The number of hydrogen-bond acceptors (Lipinski definition) is 5. The van der Waals surface area contributed by atoms with Gasteiger partial charge in [-0.05, 0) is 65.9 Å². The lowest BCUT2D eigenvalue weighted by Crippen LogP contribution is -2.23. The van der Waals surface area contributed by atoms with E-state index in [0.29, 0.717) is 36.6 Å². The summed E-state index contributed by atoms with van der Waals surface area (Å²) in [6.45, 7) is 3.28. The van der Waals surface area contributed by atoms with Gasteiger partial charge in [0.05, 0.1) is 5.92 Å². The Balaban J connectivity index is 1.57. The molecule has 0 saturated carbocycles. The second-order valence-electron chi connectivity index (χ2n) is 7.81. The minimum Gasteiger partial charge on any atom is -0.489 e. The Labute approximate surface area is 187 Å². The molecule has 3 aromatic rings. The van der Waals surface area contributed by atoms with E-state index in [-0.39, 0.29) is 6.61 Å². The number of carbonyl (C=O) groups is 1. The molecule has 1 saturated heterocycles. The summed E-state index contributed by atoms with van der Waals surface area (Å²) in [5, 5.41) is 12.2. The Bertz CT molecular complexity index is 1120. The van der Waals surface area contributed by atoms with Crippen molar-refractivity contribution >= 4 is 33.2 Å². The molecule has 4 rings (SSSR count). The lowest BCUT2D eigenvalue weighted by Gasteiger charge is -2.21. The number of alkyl halides is 3. The molecule has 0 amide bonds. The summed E-state index contributed by atoms with van der Waals surface area (Å²) in [6.07, 6.45) is -2.16. The number of anilines is 1. The lowest BCUT2D eigenvalue weighted by atomic mass is 9.96. The summed E-state index contributed by atoms with van der Waals surface area (Å²) in [6, 6.07) is 7.87. The highest BCUT2D eigenvalue weighted by Crippen LogP contribution is 2.36. The van der Waals surface area contributed by atoms with Gasteiger partial charge in [0.1, 0.15) is 23.9 Å². The van der Waals surface area contributed by atoms with Crippen LogP contribution < -0.4 is 9.64 Å². The van der Waals surface area contributed by atoms with E-state index in [1.54, 1.807) is 6.07 Å². The molecule has 1 N–H and O–H groups in total. The predicted molar refractivity (Wildman–Crippen MR) is 118 cm³/mol. The van der Waals surface area contributed by atoms with E-state index >= 15 is 0 Å². The van der Waals surface area contributed by atoms with Crippen molar-refractivity contribution in [2.75, 3.05) is 18.0 Å². The molecule has 9 heteroatoms. The predicted octanol–water partition coefficient (Wildman–Crippen LogP) is 6.07. The number of carboxylic acid groups (broad SMARTS) is 1. The quantitative estimate of drug-likeness (QED) is 0.460. The van der Waals surface area contributed by atoms with E-state index in [9.17, 15) is 23.1 Å². The Morgan fingerprint density at radius 1 is 1.25 bits per heavy atom. The number of aliphatic carboxylic acids is 1. The number of thiophene rings is 1. The van der Waals surface area contributed by atoms with Gasteiger partial charge in [-0.25, -0.2) is 4.98 Å². The normalized spacial score (nSPS) is 15.3. The van der Waals surface area contributed by atoms with Gasteiger partial charge >= 0.3 is 12.1 Å². The van der Waals surface area contributed by atoms with E-state index in [1.165, 1.54) is 17.4 Å². The van der Waals surface area contributed by atoms with Crippen molar-refractivity contribution in [3.63, 3.8) is 0 Å². The van der Waals surface area contributed by atoms with Gasteiger partial charge in [-0.3, -0.25) is 4.79 Å². The van der Waals surface area contributed by atoms with E-state index < -0.39 is 23.8 Å². The molecule has 0 spiro atoms. The smallest absolute Gasteiger partial charge is 0.433 e. The number of halogens is 3. The first-order valence-electron chi connectivity index (χ1n) is 10.5. The number of ether oxygens (including phenoxy) is 1. The highest BCUT2D eigenvalue weighted by molar-refractivity contribution is 7.17. The molecule has 0 bridgehead atoms. The van der Waals surface area contributed by atoms with E-state index in [4.69, 9.17) is 4.74 Å². The van der Waals surface area contributed by atoms with Gasteiger partial charge < -0.3 is 14.7 Å². The number of nitrogens with zero attached hydrogens (tertiary/aromatic N) is 2. The summed E-state index contributed by atoms with van der Waals surface area (Å²) in [7, 11) is 0. The van der Waals surface area contributed by atoms with Crippen LogP contribution >= 0.6 is 11.3 Å². The van der Waals surface area contributed by atoms with E-state index in [0.717, 1.165) is 34.6 Å². The summed E-state index contributed by atoms with van der Waals surface area (Å²) < 4.78 is 46.3. The second-order valence-corrected chi connectivity index (χ2v) is 8.72. The minimum atomic E-state index is -4.50. The molecule has 1 aliphatic rings. The zero-order chi connectivity index (χ0) is 22.9. The first kappa shape index (κ1) is 22.4. The third kappa shape index (κ3) is 4.53. The monoisotopic (exact) mass is 464 g/mol. The van der Waals surface area contributed by atoms with Crippen LogP contribution in [0.25, 0.3) is 10.1 Å². The molecule has 0 aliphatic carbocycles. The molecule has 0 radical (unpaired) electrons. The Hall–Kier alpha value is -2.81. The first-order chi connectivity index (χ1) is 15.3. The SMILES string of the molecule is CCC(C(=O)O)c1csc2cc(OCc3ccc(C(F)(F)F)nc3N3CCCC3)ccc12. The molecular formula is C23H23F3N2O3S. The zero-order valence-electron chi connectivity index (χ0n) is 17.5. The van der Waals surface area contributed by atoms with Crippen molar-refractivity contribution < 1.29 is 27.8 Å². The molecule has 1 aliphatic heterocycles. The van der Waals surface area contributed by atoms with Gasteiger partial charge in [0.2, 0.25) is 0 Å². The van der Waals surface area contributed by atoms with Gasteiger partial charge in [-0.15, -0.1) is 11.3 Å². The number of aromatic nitrogens is 1. The highest BCUT2D eigenvalue weighted by atomic mass is 32.1. The Kier molecular flexibility index (Phi) is 6.28. The van der Waals surface area contributed by atoms with Crippen molar-refractivity contribution in [3.05, 3.63) is 52.5 Å². The van der Waals surface area contributed by atoms with Crippen molar-refractivity contribution in [1.82, 2.24) is 4.98 Å². The standard InChI is InChI=1S/C23H23F3N2O3S/c1-2-16(22(29)30)18-13-32-19-11-15(6-7-17(18)19)31-12-14-5-8-20(23(24,25)26)27-21(14)28-9-3-4-10-28/h5-8,11,13,16H,2-4,9-10,12H2,1H3,(H,29,30). The topological polar surface area (TPSA) is 62.7 Å². The number of carboxylic acids is 1. The number of rotatable bonds is 7.